The van der Waals surface area contributed by atoms with E-state index in [-0.39, 0.29) is 5.75 Å². The standard InChI is InChI=1S/C17H18F3N3O/c1-2-12-7-13(23-5-3-4-6-23)9-14(8-12)24-15-10-21-16(22-11-15)17(18,19)20/h7-11H,2-6H2,1H3. The molecule has 4 nitrogen and oxygen atoms in total. The van der Waals surface area contributed by atoms with Crippen molar-refractivity contribution in [3.8, 4) is 11.5 Å². The van der Waals surface area contributed by atoms with Crippen molar-refractivity contribution in [2.24, 2.45) is 0 Å². The first-order valence-electron chi connectivity index (χ1n) is 7.91. The van der Waals surface area contributed by atoms with Crippen LogP contribution in [-0.4, -0.2) is 23.1 Å². The van der Waals surface area contributed by atoms with Crippen molar-refractivity contribution < 1.29 is 17.9 Å². The average Bonchev–Trinajstić information content (AvgIpc) is 3.08. The summed E-state index contributed by atoms with van der Waals surface area (Å²) in [6.45, 7) is 4.07. The maximum atomic E-state index is 12.5. The summed E-state index contributed by atoms with van der Waals surface area (Å²) in [7, 11) is 0. The van der Waals surface area contributed by atoms with Gasteiger partial charge in [0.2, 0.25) is 5.82 Å². The number of halogens is 3. The second kappa shape index (κ2) is 6.67. The number of nitrogens with zero attached hydrogens (tertiary/aromatic N) is 3. The van der Waals surface area contributed by atoms with Gasteiger partial charge in [0.25, 0.3) is 0 Å². The lowest BCUT2D eigenvalue weighted by Gasteiger charge is -2.19. The molecular weight excluding hydrogens is 319 g/mol. The molecule has 3 rings (SSSR count). The molecule has 0 amide bonds. The summed E-state index contributed by atoms with van der Waals surface area (Å²) in [6, 6.07) is 5.92. The number of aromatic nitrogens is 2. The fourth-order valence-corrected chi connectivity index (χ4v) is 2.72. The molecule has 1 aromatic heterocycles. The molecule has 7 heteroatoms. The Morgan fingerprint density at radius 2 is 1.71 bits per heavy atom. The summed E-state index contributed by atoms with van der Waals surface area (Å²) in [5.41, 5.74) is 2.19. The monoisotopic (exact) mass is 337 g/mol. The molecular formula is C17H18F3N3O. The van der Waals surface area contributed by atoms with Gasteiger partial charge in [0, 0.05) is 24.8 Å². The molecule has 1 aliphatic heterocycles. The summed E-state index contributed by atoms with van der Waals surface area (Å²) in [5.74, 6) is -0.404. The Balaban J connectivity index is 1.82. The Morgan fingerprint density at radius 1 is 1.04 bits per heavy atom. The largest absolute Gasteiger partial charge is 0.454 e. The lowest BCUT2D eigenvalue weighted by atomic mass is 10.1. The van der Waals surface area contributed by atoms with Gasteiger partial charge in [0.15, 0.2) is 5.75 Å². The Morgan fingerprint density at radius 3 is 2.29 bits per heavy atom. The minimum Gasteiger partial charge on any atom is -0.454 e. The number of hydrogen-bond acceptors (Lipinski definition) is 4. The normalized spacial score (nSPS) is 14.9. The van der Waals surface area contributed by atoms with Gasteiger partial charge in [-0.25, -0.2) is 9.97 Å². The van der Waals surface area contributed by atoms with Gasteiger partial charge >= 0.3 is 6.18 Å². The molecule has 0 aliphatic carbocycles. The van der Waals surface area contributed by atoms with Crippen molar-refractivity contribution in [3.05, 3.63) is 42.0 Å². The Kier molecular flexibility index (Phi) is 4.59. The van der Waals surface area contributed by atoms with Crippen LogP contribution in [0.2, 0.25) is 0 Å². The molecule has 1 aliphatic rings. The van der Waals surface area contributed by atoms with Gasteiger partial charge in [-0.1, -0.05) is 6.92 Å². The maximum Gasteiger partial charge on any atom is 0.451 e. The van der Waals surface area contributed by atoms with Crippen LogP contribution in [-0.2, 0) is 12.6 Å². The highest BCUT2D eigenvalue weighted by molar-refractivity contribution is 5.54. The van der Waals surface area contributed by atoms with Crippen LogP contribution >= 0.6 is 0 Å². The molecule has 0 unspecified atom stereocenters. The van der Waals surface area contributed by atoms with E-state index >= 15 is 0 Å². The number of hydrogen-bond donors (Lipinski definition) is 0. The van der Waals surface area contributed by atoms with Gasteiger partial charge in [0.05, 0.1) is 12.4 Å². The zero-order chi connectivity index (χ0) is 17.2. The Hall–Kier alpha value is -2.31. The van der Waals surface area contributed by atoms with Crippen LogP contribution in [0.1, 0.15) is 31.2 Å². The Bertz CT molecular complexity index is 695. The van der Waals surface area contributed by atoms with Crippen molar-refractivity contribution in [1.82, 2.24) is 9.97 Å². The smallest absolute Gasteiger partial charge is 0.451 e. The Labute approximate surface area is 138 Å². The van der Waals surface area contributed by atoms with E-state index in [0.717, 1.165) is 43.2 Å². The first-order valence-corrected chi connectivity index (χ1v) is 7.91. The van der Waals surface area contributed by atoms with Crippen LogP contribution in [0.4, 0.5) is 18.9 Å². The van der Waals surface area contributed by atoms with Crippen LogP contribution < -0.4 is 9.64 Å². The SMILES string of the molecule is CCc1cc(Oc2cnc(C(F)(F)F)nc2)cc(N2CCCC2)c1. The highest BCUT2D eigenvalue weighted by Gasteiger charge is 2.34. The molecule has 0 saturated carbocycles. The number of ether oxygens (including phenoxy) is 1. The maximum absolute atomic E-state index is 12.5. The van der Waals surface area contributed by atoms with Crippen LogP contribution in [0, 0.1) is 0 Å². The molecule has 1 saturated heterocycles. The second-order valence-corrected chi connectivity index (χ2v) is 5.73. The lowest BCUT2D eigenvalue weighted by molar-refractivity contribution is -0.145. The summed E-state index contributed by atoms with van der Waals surface area (Å²) < 4.78 is 43.2. The third-order valence-electron chi connectivity index (χ3n) is 3.95. The van der Waals surface area contributed by atoms with E-state index in [1.807, 2.05) is 19.1 Å². The van der Waals surface area contributed by atoms with E-state index in [1.165, 1.54) is 12.8 Å². The highest BCUT2D eigenvalue weighted by Crippen LogP contribution is 2.31. The van der Waals surface area contributed by atoms with Gasteiger partial charge in [-0.3, -0.25) is 0 Å². The van der Waals surface area contributed by atoms with E-state index in [2.05, 4.69) is 20.9 Å². The summed E-state index contributed by atoms with van der Waals surface area (Å²) in [5, 5.41) is 0. The fraction of sp³-hybridized carbons (Fsp3) is 0.412. The highest BCUT2D eigenvalue weighted by atomic mass is 19.4. The molecule has 0 spiro atoms. The van der Waals surface area contributed by atoms with E-state index in [0.29, 0.717) is 5.75 Å². The predicted octanol–water partition coefficient (Wildman–Crippen LogP) is 4.45. The fourth-order valence-electron chi connectivity index (χ4n) is 2.72. The first kappa shape index (κ1) is 16.5. The van der Waals surface area contributed by atoms with Gasteiger partial charge in [-0.15, -0.1) is 0 Å². The minimum absolute atomic E-state index is 0.184. The molecule has 0 atom stereocenters. The summed E-state index contributed by atoms with van der Waals surface area (Å²) in [6.07, 6.45) is 0.720. The minimum atomic E-state index is -4.55. The number of aryl methyl sites for hydroxylation is 1. The lowest BCUT2D eigenvalue weighted by Crippen LogP contribution is -2.17. The van der Waals surface area contributed by atoms with E-state index in [4.69, 9.17) is 4.74 Å². The zero-order valence-electron chi connectivity index (χ0n) is 13.3. The van der Waals surface area contributed by atoms with Gasteiger partial charge < -0.3 is 9.64 Å². The molecule has 2 aromatic rings. The van der Waals surface area contributed by atoms with E-state index < -0.39 is 12.0 Å². The average molecular weight is 337 g/mol. The molecule has 24 heavy (non-hydrogen) atoms. The second-order valence-electron chi connectivity index (χ2n) is 5.73. The molecule has 2 heterocycles. The number of benzene rings is 1. The van der Waals surface area contributed by atoms with Crippen molar-refractivity contribution in [2.75, 3.05) is 18.0 Å². The van der Waals surface area contributed by atoms with Crippen LogP contribution in [0.15, 0.2) is 30.6 Å². The van der Waals surface area contributed by atoms with E-state index in [1.54, 1.807) is 0 Å². The van der Waals surface area contributed by atoms with Gasteiger partial charge in [0.1, 0.15) is 5.75 Å². The van der Waals surface area contributed by atoms with Gasteiger partial charge in [-0.05, 0) is 37.0 Å². The first-order chi connectivity index (χ1) is 11.5. The molecule has 1 aromatic carbocycles. The van der Waals surface area contributed by atoms with Crippen LogP contribution in [0.5, 0.6) is 11.5 Å². The summed E-state index contributed by atoms with van der Waals surface area (Å²) in [4.78, 5) is 8.92. The topological polar surface area (TPSA) is 38.3 Å². The third-order valence-corrected chi connectivity index (χ3v) is 3.95. The summed E-state index contributed by atoms with van der Waals surface area (Å²) >= 11 is 0. The van der Waals surface area contributed by atoms with Crippen LogP contribution in [0.3, 0.4) is 0 Å². The third kappa shape index (κ3) is 3.77. The molecule has 0 radical (unpaired) electrons. The zero-order valence-corrected chi connectivity index (χ0v) is 13.3. The molecule has 128 valence electrons. The van der Waals surface area contributed by atoms with Crippen molar-refractivity contribution in [3.63, 3.8) is 0 Å². The number of alkyl halides is 3. The van der Waals surface area contributed by atoms with Crippen molar-refractivity contribution in [2.45, 2.75) is 32.4 Å². The molecule has 0 N–H and O–H groups in total. The molecule has 0 bridgehead atoms. The van der Waals surface area contributed by atoms with Crippen molar-refractivity contribution in [1.29, 1.82) is 0 Å². The molecule has 1 fully saturated rings. The number of rotatable bonds is 4. The van der Waals surface area contributed by atoms with E-state index in [9.17, 15) is 13.2 Å². The van der Waals surface area contributed by atoms with Crippen molar-refractivity contribution >= 4 is 5.69 Å². The quantitative estimate of drug-likeness (QED) is 0.826. The predicted molar refractivity (Wildman–Crippen MR) is 84.4 cm³/mol. The number of anilines is 1. The van der Waals surface area contributed by atoms with Gasteiger partial charge in [-0.2, -0.15) is 13.2 Å². The van der Waals surface area contributed by atoms with Crippen LogP contribution in [0.25, 0.3) is 0 Å².